The maximum atomic E-state index is 13.7. The van der Waals surface area contributed by atoms with Crippen molar-refractivity contribution < 1.29 is 42.8 Å². The van der Waals surface area contributed by atoms with Crippen molar-refractivity contribution in [3.63, 3.8) is 0 Å². The van der Waals surface area contributed by atoms with E-state index in [1.54, 1.807) is 41.5 Å². The van der Waals surface area contributed by atoms with Crippen molar-refractivity contribution in [2.45, 2.75) is 102 Å². The summed E-state index contributed by atoms with van der Waals surface area (Å²) in [6.07, 6.45) is -3.79. The average Bonchev–Trinajstić information content (AvgIpc) is 3.34. The van der Waals surface area contributed by atoms with Gasteiger partial charge in [0.15, 0.2) is 24.0 Å². The highest BCUT2D eigenvalue weighted by atomic mass is 16.9. The lowest BCUT2D eigenvalue weighted by Gasteiger charge is -2.37. The molecule has 7 atom stereocenters. The largest absolute Gasteiger partial charge is 0.467 e. The van der Waals surface area contributed by atoms with Crippen LogP contribution in [0, 0.1) is 5.92 Å². The number of fused-ring (bicyclic) bond motifs is 3. The van der Waals surface area contributed by atoms with Gasteiger partial charge in [0, 0.05) is 6.42 Å². The summed E-state index contributed by atoms with van der Waals surface area (Å²) in [6.45, 7) is 10.6. The number of benzene rings is 1. The van der Waals surface area contributed by atoms with Crippen LogP contribution >= 0.6 is 0 Å². The first-order chi connectivity index (χ1) is 17.8. The molecule has 0 unspecified atom stereocenters. The van der Waals surface area contributed by atoms with E-state index in [1.807, 2.05) is 30.3 Å². The molecule has 2 amide bonds. The van der Waals surface area contributed by atoms with Crippen molar-refractivity contribution in [2.24, 2.45) is 5.92 Å². The van der Waals surface area contributed by atoms with Gasteiger partial charge in [-0.2, -0.15) is 0 Å². The van der Waals surface area contributed by atoms with Crippen LogP contribution in [0.1, 0.15) is 47.1 Å². The van der Waals surface area contributed by atoms with Crippen LogP contribution in [0.2, 0.25) is 0 Å². The van der Waals surface area contributed by atoms with Crippen molar-refractivity contribution in [1.82, 2.24) is 10.6 Å². The molecule has 3 aliphatic rings. The Labute approximate surface area is 222 Å². The minimum Gasteiger partial charge on any atom is -0.467 e. The van der Waals surface area contributed by atoms with Gasteiger partial charge in [0.25, 0.3) is 5.91 Å². The molecule has 0 saturated carbocycles. The Bertz CT molecular complexity index is 1030. The first-order valence-electron chi connectivity index (χ1n) is 12.9. The number of methoxy groups -OCH3 is 1. The number of hydrogen-bond acceptors (Lipinski definition) is 9. The smallest absolute Gasteiger partial charge is 0.328 e. The number of ether oxygens (including phenoxy) is 6. The quantitative estimate of drug-likeness (QED) is 0.476. The predicted octanol–water partition coefficient (Wildman–Crippen LogP) is 1.42. The minimum absolute atomic E-state index is 0.187. The molecule has 11 nitrogen and oxygen atoms in total. The molecule has 3 heterocycles. The zero-order chi connectivity index (χ0) is 27.8. The number of rotatable bonds is 8. The van der Waals surface area contributed by atoms with Gasteiger partial charge in [0.1, 0.15) is 30.4 Å². The molecule has 1 aromatic carbocycles. The summed E-state index contributed by atoms with van der Waals surface area (Å²) < 4.78 is 34.9. The Hall–Kier alpha value is -2.57. The van der Waals surface area contributed by atoms with Crippen LogP contribution in [0.4, 0.5) is 0 Å². The molecular weight excluding hydrogens is 496 g/mol. The van der Waals surface area contributed by atoms with Crippen LogP contribution in [0.25, 0.3) is 0 Å². The van der Waals surface area contributed by atoms with Crippen molar-refractivity contribution in [2.75, 3.05) is 7.11 Å². The van der Waals surface area contributed by atoms with E-state index < -0.39 is 72.1 Å². The van der Waals surface area contributed by atoms with Crippen molar-refractivity contribution in [3.8, 4) is 0 Å². The van der Waals surface area contributed by atoms with Gasteiger partial charge in [-0.1, -0.05) is 44.2 Å². The van der Waals surface area contributed by atoms with Gasteiger partial charge < -0.3 is 39.1 Å². The van der Waals surface area contributed by atoms with E-state index in [9.17, 15) is 14.4 Å². The van der Waals surface area contributed by atoms with E-state index in [0.717, 1.165) is 5.56 Å². The Morgan fingerprint density at radius 1 is 0.895 bits per heavy atom. The first kappa shape index (κ1) is 28.4. The average molecular weight is 535 g/mol. The SMILES string of the molecule is COC(=O)[C@@H](NC(=O)[C@H](Cc1ccccc1)NC(=O)[C@H]1O[C@@H]2OC(C)(C)O[C@@H]2[C@H]2OC(C)(C)O[C@H]21)C(C)C. The third-order valence-corrected chi connectivity index (χ3v) is 6.75. The van der Waals surface area contributed by atoms with Crippen LogP contribution in [0.15, 0.2) is 30.3 Å². The highest BCUT2D eigenvalue weighted by Crippen LogP contribution is 2.44. The number of hydrogen-bond donors (Lipinski definition) is 2. The van der Waals surface area contributed by atoms with E-state index in [1.165, 1.54) is 7.11 Å². The highest BCUT2D eigenvalue weighted by Gasteiger charge is 2.62. The summed E-state index contributed by atoms with van der Waals surface area (Å²) in [5, 5.41) is 5.55. The van der Waals surface area contributed by atoms with Crippen molar-refractivity contribution >= 4 is 17.8 Å². The second-order valence-electron chi connectivity index (χ2n) is 11.1. The lowest BCUT2D eigenvalue weighted by atomic mass is 9.97. The van der Waals surface area contributed by atoms with Gasteiger partial charge in [-0.3, -0.25) is 9.59 Å². The normalized spacial score (nSPS) is 30.6. The molecule has 210 valence electrons. The fraction of sp³-hybridized carbons (Fsp3) is 0.667. The van der Waals surface area contributed by atoms with E-state index in [4.69, 9.17) is 28.4 Å². The highest BCUT2D eigenvalue weighted by molar-refractivity contribution is 5.92. The lowest BCUT2D eigenvalue weighted by molar-refractivity contribution is -0.231. The Balaban J connectivity index is 1.56. The summed E-state index contributed by atoms with van der Waals surface area (Å²) in [5.74, 6) is -3.80. The monoisotopic (exact) mass is 534 g/mol. The topological polar surface area (TPSA) is 131 Å². The number of amides is 2. The van der Waals surface area contributed by atoms with Crippen molar-refractivity contribution in [3.05, 3.63) is 35.9 Å². The van der Waals surface area contributed by atoms with E-state index >= 15 is 0 Å². The van der Waals surface area contributed by atoms with Gasteiger partial charge in [-0.15, -0.1) is 0 Å². The molecule has 1 aromatic rings. The molecule has 3 saturated heterocycles. The molecule has 2 N–H and O–H groups in total. The third-order valence-electron chi connectivity index (χ3n) is 6.75. The molecule has 3 fully saturated rings. The fourth-order valence-electron chi connectivity index (χ4n) is 5.01. The number of nitrogens with one attached hydrogen (secondary N) is 2. The summed E-state index contributed by atoms with van der Waals surface area (Å²) in [6, 6.07) is 7.37. The number of esters is 1. The molecule has 0 aliphatic carbocycles. The third kappa shape index (κ3) is 6.18. The zero-order valence-corrected chi connectivity index (χ0v) is 22.9. The van der Waals surface area contributed by atoms with Crippen LogP contribution < -0.4 is 10.6 Å². The standard InChI is InChI=1S/C27H38N2O9/c1-14(2)17(24(32)33-7)29-22(30)16(13-15-11-9-8-10-12-15)28-23(31)20-18-19(36-26(3,4)35-18)21-25(34-20)38-27(5,6)37-21/h8-12,14,16-21,25H,13H2,1-7H3,(H,28,31)(H,29,30)/t16-,17-,18+,19-,20-,21+,25+/m0/s1. The summed E-state index contributed by atoms with van der Waals surface area (Å²) in [5.41, 5.74) is 0.825. The second kappa shape index (κ2) is 10.9. The molecule has 3 aliphatic heterocycles. The zero-order valence-electron chi connectivity index (χ0n) is 22.9. The molecule has 0 aromatic heterocycles. The second-order valence-corrected chi connectivity index (χ2v) is 11.1. The number of carbonyl (C=O) groups excluding carboxylic acids is 3. The van der Waals surface area contributed by atoms with Gasteiger partial charge in [-0.25, -0.2) is 4.79 Å². The molecule has 0 radical (unpaired) electrons. The maximum absolute atomic E-state index is 13.7. The van der Waals surface area contributed by atoms with Gasteiger partial charge >= 0.3 is 5.97 Å². The van der Waals surface area contributed by atoms with Crippen LogP contribution in [0.5, 0.6) is 0 Å². The van der Waals surface area contributed by atoms with E-state index in [2.05, 4.69) is 10.6 Å². The molecule has 0 spiro atoms. The Morgan fingerprint density at radius 3 is 2.13 bits per heavy atom. The summed E-state index contributed by atoms with van der Waals surface area (Å²) in [4.78, 5) is 39.4. The van der Waals surface area contributed by atoms with Crippen LogP contribution in [-0.2, 0) is 49.2 Å². The molecule has 38 heavy (non-hydrogen) atoms. The van der Waals surface area contributed by atoms with Crippen LogP contribution in [-0.4, -0.2) is 79.3 Å². The minimum atomic E-state index is -1.13. The van der Waals surface area contributed by atoms with E-state index in [0.29, 0.717) is 0 Å². The summed E-state index contributed by atoms with van der Waals surface area (Å²) >= 11 is 0. The summed E-state index contributed by atoms with van der Waals surface area (Å²) in [7, 11) is 1.26. The van der Waals surface area contributed by atoms with Crippen molar-refractivity contribution in [1.29, 1.82) is 0 Å². The van der Waals surface area contributed by atoms with Gasteiger partial charge in [0.05, 0.1) is 7.11 Å². The first-order valence-corrected chi connectivity index (χ1v) is 12.9. The molecule has 11 heteroatoms. The predicted molar refractivity (Wildman–Crippen MR) is 133 cm³/mol. The Morgan fingerprint density at radius 2 is 1.50 bits per heavy atom. The van der Waals surface area contributed by atoms with Crippen LogP contribution in [0.3, 0.4) is 0 Å². The molecular formula is C27H38N2O9. The van der Waals surface area contributed by atoms with E-state index in [-0.39, 0.29) is 12.3 Å². The van der Waals surface area contributed by atoms with Gasteiger partial charge in [0.2, 0.25) is 5.91 Å². The lowest BCUT2D eigenvalue weighted by Crippen LogP contribution is -2.62. The molecule has 4 rings (SSSR count). The number of carbonyl (C=O) groups is 3. The van der Waals surface area contributed by atoms with Gasteiger partial charge in [-0.05, 0) is 39.2 Å². The maximum Gasteiger partial charge on any atom is 0.328 e. The Kier molecular flexibility index (Phi) is 8.15. The molecule has 0 bridgehead atoms. The fourth-order valence-corrected chi connectivity index (χ4v) is 5.01.